The number of carbonyl (C=O) groups excluding carboxylic acids is 1. The Kier molecular flexibility index (Phi) is 6.29. The average Bonchev–Trinajstić information content (AvgIpc) is 2.35. The Hall–Kier alpha value is -1.39. The summed E-state index contributed by atoms with van der Waals surface area (Å²) in [5.74, 6) is -0.104. The lowest BCUT2D eigenvalue weighted by Crippen LogP contribution is -2.38. The molecule has 0 aliphatic carbocycles. The van der Waals surface area contributed by atoms with Crippen molar-refractivity contribution in [2.75, 3.05) is 13.2 Å². The van der Waals surface area contributed by atoms with Crippen molar-refractivity contribution in [3.63, 3.8) is 0 Å². The highest BCUT2D eigenvalue weighted by molar-refractivity contribution is 5.78. The van der Waals surface area contributed by atoms with Gasteiger partial charge in [-0.15, -0.1) is 0 Å². The molecule has 0 saturated carbocycles. The molecule has 0 fully saturated rings. The van der Waals surface area contributed by atoms with Crippen LogP contribution in [0.1, 0.15) is 18.4 Å². The summed E-state index contributed by atoms with van der Waals surface area (Å²) in [5.41, 5.74) is 0.948. The molecule has 0 bridgehead atoms. The van der Waals surface area contributed by atoms with Crippen molar-refractivity contribution in [2.24, 2.45) is 0 Å². The molecular formula is C13H19NO3. The third-order valence-corrected chi connectivity index (χ3v) is 2.50. The smallest absolute Gasteiger partial charge is 0.224 e. The van der Waals surface area contributed by atoms with E-state index in [-0.39, 0.29) is 25.2 Å². The summed E-state index contributed by atoms with van der Waals surface area (Å²) >= 11 is 0. The quantitative estimate of drug-likeness (QED) is 0.646. The van der Waals surface area contributed by atoms with E-state index in [9.17, 15) is 4.79 Å². The van der Waals surface area contributed by atoms with Gasteiger partial charge in [-0.25, -0.2) is 0 Å². The lowest BCUT2D eigenvalue weighted by molar-refractivity contribution is -0.121. The number of benzene rings is 1. The van der Waals surface area contributed by atoms with Gasteiger partial charge in [0, 0.05) is 6.61 Å². The van der Waals surface area contributed by atoms with E-state index in [4.69, 9.17) is 10.2 Å². The molecule has 1 aromatic rings. The Morgan fingerprint density at radius 3 is 2.53 bits per heavy atom. The molecule has 0 radical (unpaired) electrons. The number of nitrogens with one attached hydrogen (secondary N) is 1. The zero-order chi connectivity index (χ0) is 12.5. The molecule has 4 heteroatoms. The number of hydrogen-bond acceptors (Lipinski definition) is 3. The second kappa shape index (κ2) is 7.81. The minimum Gasteiger partial charge on any atom is -0.396 e. The standard InChI is InChI=1S/C13H19NO3/c15-8-4-7-12(10-16)14-13(17)9-11-5-2-1-3-6-11/h1-3,5-6,12,15-16H,4,7-10H2,(H,14,17)/t12-/m1/s1. The molecule has 0 aliphatic rings. The molecule has 0 aliphatic heterocycles. The first-order valence-corrected chi connectivity index (χ1v) is 5.81. The van der Waals surface area contributed by atoms with E-state index in [1.54, 1.807) is 0 Å². The third kappa shape index (κ3) is 5.47. The summed E-state index contributed by atoms with van der Waals surface area (Å²) in [4.78, 5) is 11.7. The zero-order valence-electron chi connectivity index (χ0n) is 9.80. The largest absolute Gasteiger partial charge is 0.396 e. The number of amides is 1. The van der Waals surface area contributed by atoms with Crippen molar-refractivity contribution < 1.29 is 15.0 Å². The number of hydrogen-bond donors (Lipinski definition) is 3. The van der Waals surface area contributed by atoms with E-state index < -0.39 is 0 Å². The maximum Gasteiger partial charge on any atom is 0.224 e. The highest BCUT2D eigenvalue weighted by atomic mass is 16.3. The van der Waals surface area contributed by atoms with Crippen molar-refractivity contribution >= 4 is 5.91 Å². The molecule has 1 rings (SSSR count). The first-order valence-electron chi connectivity index (χ1n) is 5.81. The van der Waals surface area contributed by atoms with Crippen molar-refractivity contribution in [2.45, 2.75) is 25.3 Å². The summed E-state index contributed by atoms with van der Waals surface area (Å²) in [6.07, 6.45) is 1.49. The Bertz CT molecular complexity index is 327. The van der Waals surface area contributed by atoms with Gasteiger partial charge in [-0.1, -0.05) is 30.3 Å². The van der Waals surface area contributed by atoms with Gasteiger partial charge in [0.1, 0.15) is 0 Å². The number of aliphatic hydroxyl groups excluding tert-OH is 2. The molecule has 0 heterocycles. The minimum atomic E-state index is -0.265. The number of rotatable bonds is 7. The van der Waals surface area contributed by atoms with Crippen molar-refractivity contribution in [3.05, 3.63) is 35.9 Å². The molecule has 1 atom stereocenters. The fourth-order valence-corrected chi connectivity index (χ4v) is 1.61. The van der Waals surface area contributed by atoms with Crippen LogP contribution in [0, 0.1) is 0 Å². The lowest BCUT2D eigenvalue weighted by Gasteiger charge is -2.15. The monoisotopic (exact) mass is 237 g/mol. The number of carbonyl (C=O) groups is 1. The van der Waals surface area contributed by atoms with Gasteiger partial charge >= 0.3 is 0 Å². The minimum absolute atomic E-state index is 0.0745. The van der Waals surface area contributed by atoms with Crippen LogP contribution in [0.25, 0.3) is 0 Å². The van der Waals surface area contributed by atoms with Crippen LogP contribution < -0.4 is 5.32 Å². The normalized spacial score (nSPS) is 12.1. The molecule has 1 aromatic carbocycles. The molecule has 0 unspecified atom stereocenters. The Morgan fingerprint density at radius 1 is 1.24 bits per heavy atom. The Morgan fingerprint density at radius 2 is 1.94 bits per heavy atom. The summed E-state index contributed by atoms with van der Waals surface area (Å²) in [7, 11) is 0. The van der Waals surface area contributed by atoms with Crippen molar-refractivity contribution in [1.29, 1.82) is 0 Å². The van der Waals surface area contributed by atoms with E-state index in [0.717, 1.165) is 5.56 Å². The van der Waals surface area contributed by atoms with Crippen LogP contribution in [-0.2, 0) is 11.2 Å². The van der Waals surface area contributed by atoms with Crippen LogP contribution in [0.4, 0.5) is 0 Å². The average molecular weight is 237 g/mol. The molecule has 17 heavy (non-hydrogen) atoms. The van der Waals surface area contributed by atoms with E-state index in [2.05, 4.69) is 5.32 Å². The van der Waals surface area contributed by atoms with Gasteiger partial charge < -0.3 is 15.5 Å². The lowest BCUT2D eigenvalue weighted by atomic mass is 10.1. The Labute approximate surface area is 101 Å². The second-order valence-electron chi connectivity index (χ2n) is 3.98. The van der Waals surface area contributed by atoms with Crippen LogP contribution in [0.15, 0.2) is 30.3 Å². The van der Waals surface area contributed by atoms with Crippen LogP contribution in [0.5, 0.6) is 0 Å². The van der Waals surface area contributed by atoms with E-state index in [1.165, 1.54) is 0 Å². The predicted octanol–water partition coefficient (Wildman–Crippen LogP) is 0.479. The number of aliphatic hydroxyl groups is 2. The van der Waals surface area contributed by atoms with Crippen molar-refractivity contribution in [1.82, 2.24) is 5.32 Å². The fraction of sp³-hybridized carbons (Fsp3) is 0.462. The fourth-order valence-electron chi connectivity index (χ4n) is 1.61. The first kappa shape index (κ1) is 13.7. The maximum absolute atomic E-state index is 11.7. The molecule has 0 spiro atoms. The first-order chi connectivity index (χ1) is 8.26. The van der Waals surface area contributed by atoms with Gasteiger partial charge in [0.05, 0.1) is 19.1 Å². The van der Waals surface area contributed by atoms with Gasteiger partial charge in [-0.2, -0.15) is 0 Å². The summed E-state index contributed by atoms with van der Waals surface area (Å²) in [6.45, 7) is -0.0222. The molecule has 4 nitrogen and oxygen atoms in total. The van der Waals surface area contributed by atoms with Gasteiger partial charge in [0.15, 0.2) is 0 Å². The van der Waals surface area contributed by atoms with Crippen LogP contribution in [0.2, 0.25) is 0 Å². The molecule has 0 aromatic heterocycles. The van der Waals surface area contributed by atoms with E-state index >= 15 is 0 Å². The molecule has 94 valence electrons. The zero-order valence-corrected chi connectivity index (χ0v) is 9.80. The predicted molar refractivity (Wildman–Crippen MR) is 65.5 cm³/mol. The molecule has 0 saturated heterocycles. The topological polar surface area (TPSA) is 69.6 Å². The summed E-state index contributed by atoms with van der Waals surface area (Å²) < 4.78 is 0. The van der Waals surface area contributed by atoms with Gasteiger partial charge in [-0.3, -0.25) is 4.79 Å². The SMILES string of the molecule is O=C(Cc1ccccc1)N[C@@H](CO)CCCO. The molecular weight excluding hydrogens is 218 g/mol. The highest BCUT2D eigenvalue weighted by Crippen LogP contribution is 2.01. The van der Waals surface area contributed by atoms with E-state index in [1.807, 2.05) is 30.3 Å². The second-order valence-corrected chi connectivity index (χ2v) is 3.98. The third-order valence-electron chi connectivity index (χ3n) is 2.50. The summed E-state index contributed by atoms with van der Waals surface area (Å²) in [5, 5.41) is 20.5. The van der Waals surface area contributed by atoms with Gasteiger partial charge in [0.25, 0.3) is 0 Å². The maximum atomic E-state index is 11.7. The summed E-state index contributed by atoms with van der Waals surface area (Å²) in [6, 6.07) is 9.19. The highest BCUT2D eigenvalue weighted by Gasteiger charge is 2.11. The van der Waals surface area contributed by atoms with Crippen molar-refractivity contribution in [3.8, 4) is 0 Å². The van der Waals surface area contributed by atoms with Crippen LogP contribution >= 0.6 is 0 Å². The van der Waals surface area contributed by atoms with E-state index in [0.29, 0.717) is 19.3 Å². The van der Waals surface area contributed by atoms with Gasteiger partial charge in [0.2, 0.25) is 5.91 Å². The van der Waals surface area contributed by atoms with Crippen LogP contribution in [0.3, 0.4) is 0 Å². The molecule has 1 amide bonds. The van der Waals surface area contributed by atoms with Gasteiger partial charge in [-0.05, 0) is 18.4 Å². The van der Waals surface area contributed by atoms with Crippen LogP contribution in [-0.4, -0.2) is 35.4 Å². The molecule has 3 N–H and O–H groups in total. The Balaban J connectivity index is 2.37.